The van der Waals surface area contributed by atoms with E-state index in [-0.39, 0.29) is 5.60 Å². The van der Waals surface area contributed by atoms with Gasteiger partial charge in [0.1, 0.15) is 5.60 Å². The van der Waals surface area contributed by atoms with Gasteiger partial charge in [-0.1, -0.05) is 33.1 Å². The molecule has 1 rings (SSSR count). The first-order valence-corrected chi connectivity index (χ1v) is 5.11. The average molecular weight is 172 g/mol. The molecule has 0 amide bonds. The highest BCUT2D eigenvalue weighted by molar-refractivity contribution is 4.89. The van der Waals surface area contributed by atoms with Gasteiger partial charge in [0.25, 0.3) is 0 Å². The van der Waals surface area contributed by atoms with Gasteiger partial charge in [-0.2, -0.15) is 0 Å². The minimum absolute atomic E-state index is 0.215. The van der Waals surface area contributed by atoms with Crippen molar-refractivity contribution in [2.24, 2.45) is 5.92 Å². The van der Waals surface area contributed by atoms with Crippen molar-refractivity contribution < 1.29 is 10.1 Å². The van der Waals surface area contributed by atoms with Crippen molar-refractivity contribution in [2.75, 3.05) is 0 Å². The van der Waals surface area contributed by atoms with Crippen LogP contribution in [0.5, 0.6) is 0 Å². The van der Waals surface area contributed by atoms with E-state index < -0.39 is 0 Å². The summed E-state index contributed by atoms with van der Waals surface area (Å²) < 4.78 is 0. The summed E-state index contributed by atoms with van der Waals surface area (Å²) in [5, 5.41) is 8.94. The number of rotatable bonds is 3. The molecule has 12 heavy (non-hydrogen) atoms. The average Bonchev–Trinajstić information content (AvgIpc) is 2.17. The molecule has 2 unspecified atom stereocenters. The van der Waals surface area contributed by atoms with Crippen LogP contribution in [-0.4, -0.2) is 10.9 Å². The predicted octanol–water partition coefficient (Wildman–Crippen LogP) is 3.23. The lowest BCUT2D eigenvalue weighted by molar-refractivity contribution is -0.345. The molecule has 0 spiro atoms. The van der Waals surface area contributed by atoms with Gasteiger partial charge in [0.15, 0.2) is 0 Å². The molecule has 1 N–H and O–H groups in total. The van der Waals surface area contributed by atoms with E-state index in [0.29, 0.717) is 5.92 Å². The zero-order valence-electron chi connectivity index (χ0n) is 8.18. The van der Waals surface area contributed by atoms with Crippen LogP contribution in [0.3, 0.4) is 0 Å². The molecule has 0 aromatic carbocycles. The Labute approximate surface area is 74.9 Å². The molecule has 72 valence electrons. The van der Waals surface area contributed by atoms with Gasteiger partial charge in [-0.3, -0.25) is 5.26 Å². The Hall–Kier alpha value is -0.0800. The maximum atomic E-state index is 8.94. The normalized spacial score (nSPS) is 36.8. The Bertz CT molecular complexity index is 130. The molecule has 0 heterocycles. The second-order valence-corrected chi connectivity index (χ2v) is 3.86. The van der Waals surface area contributed by atoms with E-state index in [9.17, 15) is 0 Å². The molecule has 2 atom stereocenters. The zero-order valence-corrected chi connectivity index (χ0v) is 8.18. The first kappa shape index (κ1) is 10.0. The van der Waals surface area contributed by atoms with Crippen LogP contribution in [0.25, 0.3) is 0 Å². The summed E-state index contributed by atoms with van der Waals surface area (Å²) in [6, 6.07) is 0. The Kier molecular flexibility index (Phi) is 3.53. The molecule has 0 bridgehead atoms. The number of hydrogen-bond donors (Lipinski definition) is 1. The fourth-order valence-corrected chi connectivity index (χ4v) is 2.51. The number of hydrogen-bond acceptors (Lipinski definition) is 2. The van der Waals surface area contributed by atoms with Crippen LogP contribution in [0, 0.1) is 5.92 Å². The second kappa shape index (κ2) is 4.24. The van der Waals surface area contributed by atoms with Crippen molar-refractivity contribution in [1.29, 1.82) is 0 Å². The third-order valence-electron chi connectivity index (χ3n) is 3.42. The third kappa shape index (κ3) is 1.64. The van der Waals surface area contributed by atoms with Crippen LogP contribution in [0.1, 0.15) is 52.4 Å². The van der Waals surface area contributed by atoms with Crippen molar-refractivity contribution in [3.8, 4) is 0 Å². The molecule has 1 aliphatic carbocycles. The summed E-state index contributed by atoms with van der Waals surface area (Å²) in [4.78, 5) is 4.73. The largest absolute Gasteiger partial charge is 0.251 e. The van der Waals surface area contributed by atoms with Gasteiger partial charge in [-0.15, -0.1) is 0 Å². The SMILES string of the molecule is CCC1CCCCC1(CC)OO. The molecule has 0 aromatic rings. The highest BCUT2D eigenvalue weighted by Gasteiger charge is 2.39. The molecule has 0 aromatic heterocycles. The first-order chi connectivity index (χ1) is 5.79. The summed E-state index contributed by atoms with van der Waals surface area (Å²) in [5.41, 5.74) is -0.215. The fraction of sp³-hybridized carbons (Fsp3) is 1.00. The molecule has 0 aliphatic heterocycles. The van der Waals surface area contributed by atoms with E-state index in [0.717, 1.165) is 19.3 Å². The van der Waals surface area contributed by atoms with Gasteiger partial charge in [0.2, 0.25) is 0 Å². The minimum Gasteiger partial charge on any atom is -0.251 e. The quantitative estimate of drug-likeness (QED) is 0.523. The zero-order chi connectivity index (χ0) is 9.03. The molecular weight excluding hydrogens is 152 g/mol. The lowest BCUT2D eigenvalue weighted by Gasteiger charge is -2.40. The first-order valence-electron chi connectivity index (χ1n) is 5.11. The lowest BCUT2D eigenvalue weighted by Crippen LogP contribution is -2.41. The molecule has 2 heteroatoms. The molecule has 2 nitrogen and oxygen atoms in total. The van der Waals surface area contributed by atoms with Crippen molar-refractivity contribution >= 4 is 0 Å². The smallest absolute Gasteiger partial charge is 0.106 e. The molecule has 0 saturated heterocycles. The van der Waals surface area contributed by atoms with Crippen molar-refractivity contribution in [3.05, 3.63) is 0 Å². The van der Waals surface area contributed by atoms with E-state index in [4.69, 9.17) is 10.1 Å². The van der Waals surface area contributed by atoms with Gasteiger partial charge in [-0.05, 0) is 25.2 Å². The molecular formula is C10H20O2. The van der Waals surface area contributed by atoms with E-state index in [1.54, 1.807) is 0 Å². The van der Waals surface area contributed by atoms with Gasteiger partial charge >= 0.3 is 0 Å². The van der Waals surface area contributed by atoms with Crippen LogP contribution in [0.4, 0.5) is 0 Å². The van der Waals surface area contributed by atoms with E-state index >= 15 is 0 Å². The molecule has 1 fully saturated rings. The Morgan fingerprint density at radius 1 is 1.42 bits per heavy atom. The molecule has 1 aliphatic rings. The third-order valence-corrected chi connectivity index (χ3v) is 3.42. The van der Waals surface area contributed by atoms with Crippen molar-refractivity contribution in [2.45, 2.75) is 58.0 Å². The summed E-state index contributed by atoms with van der Waals surface area (Å²) >= 11 is 0. The Balaban J connectivity index is 2.66. The van der Waals surface area contributed by atoms with Crippen LogP contribution < -0.4 is 0 Å². The highest BCUT2D eigenvalue weighted by atomic mass is 17.1. The van der Waals surface area contributed by atoms with Gasteiger partial charge in [-0.25, -0.2) is 4.89 Å². The summed E-state index contributed by atoms with van der Waals surface area (Å²) in [5.74, 6) is 0.557. The van der Waals surface area contributed by atoms with Gasteiger partial charge in [0.05, 0.1) is 0 Å². The van der Waals surface area contributed by atoms with Crippen LogP contribution in [-0.2, 0) is 4.89 Å². The standard InChI is InChI=1S/C10H20O2/c1-3-9-7-5-6-8-10(9,4-2)12-11/h9,11H,3-8H2,1-2H3. The maximum absolute atomic E-state index is 8.94. The minimum atomic E-state index is -0.215. The predicted molar refractivity (Wildman–Crippen MR) is 49.0 cm³/mol. The van der Waals surface area contributed by atoms with Crippen molar-refractivity contribution in [3.63, 3.8) is 0 Å². The lowest BCUT2D eigenvalue weighted by atomic mass is 9.72. The summed E-state index contributed by atoms with van der Waals surface area (Å²) in [7, 11) is 0. The summed E-state index contributed by atoms with van der Waals surface area (Å²) in [6.45, 7) is 4.28. The van der Waals surface area contributed by atoms with Crippen LogP contribution >= 0.6 is 0 Å². The molecule has 0 radical (unpaired) electrons. The topological polar surface area (TPSA) is 29.5 Å². The highest BCUT2D eigenvalue weighted by Crippen LogP contribution is 2.40. The maximum Gasteiger partial charge on any atom is 0.106 e. The van der Waals surface area contributed by atoms with Crippen LogP contribution in [0.2, 0.25) is 0 Å². The Morgan fingerprint density at radius 3 is 2.58 bits per heavy atom. The summed E-state index contributed by atoms with van der Waals surface area (Å²) in [6.07, 6.45) is 6.79. The monoisotopic (exact) mass is 172 g/mol. The van der Waals surface area contributed by atoms with E-state index in [1.807, 2.05) is 0 Å². The fourth-order valence-electron chi connectivity index (χ4n) is 2.51. The Morgan fingerprint density at radius 2 is 2.17 bits per heavy atom. The van der Waals surface area contributed by atoms with Crippen LogP contribution in [0.15, 0.2) is 0 Å². The van der Waals surface area contributed by atoms with E-state index in [1.165, 1.54) is 19.3 Å². The van der Waals surface area contributed by atoms with Gasteiger partial charge in [0, 0.05) is 0 Å². The van der Waals surface area contributed by atoms with Gasteiger partial charge < -0.3 is 0 Å². The molecule has 1 saturated carbocycles. The van der Waals surface area contributed by atoms with E-state index in [2.05, 4.69) is 13.8 Å². The van der Waals surface area contributed by atoms with Crippen molar-refractivity contribution in [1.82, 2.24) is 0 Å². The second-order valence-electron chi connectivity index (χ2n) is 3.86.